The van der Waals surface area contributed by atoms with E-state index in [1.54, 1.807) is 23.4 Å². The summed E-state index contributed by atoms with van der Waals surface area (Å²) < 4.78 is 0. The summed E-state index contributed by atoms with van der Waals surface area (Å²) in [5.74, 6) is 0. The molecule has 0 aliphatic carbocycles. The van der Waals surface area contributed by atoms with Crippen molar-refractivity contribution >= 4 is 17.4 Å². The minimum Gasteiger partial charge on any atom is -0.306 e. The van der Waals surface area contributed by atoms with Gasteiger partial charge < -0.3 is 5.32 Å². The Morgan fingerprint density at radius 1 is 1.21 bits per heavy atom. The van der Waals surface area contributed by atoms with Gasteiger partial charge in [-0.25, -0.2) is 4.79 Å². The highest BCUT2D eigenvalue weighted by atomic mass is 16.2. The smallest absolute Gasteiger partial charge is 0.306 e. The number of rotatable bonds is 4. The van der Waals surface area contributed by atoms with Crippen LogP contribution in [0.3, 0.4) is 0 Å². The van der Waals surface area contributed by atoms with Crippen LogP contribution < -0.4 is 10.2 Å². The molecule has 0 fully saturated rings. The van der Waals surface area contributed by atoms with Gasteiger partial charge in [0.1, 0.15) is 0 Å². The van der Waals surface area contributed by atoms with Gasteiger partial charge in [-0.3, -0.25) is 9.88 Å². The number of urea groups is 1. The van der Waals surface area contributed by atoms with Crippen LogP contribution in [-0.4, -0.2) is 17.6 Å². The van der Waals surface area contributed by atoms with E-state index in [2.05, 4.69) is 10.3 Å². The second-order valence-corrected chi connectivity index (χ2v) is 4.16. The first-order valence-corrected chi connectivity index (χ1v) is 6.35. The van der Waals surface area contributed by atoms with Gasteiger partial charge in [-0.2, -0.15) is 0 Å². The molecule has 0 saturated carbocycles. The second kappa shape index (κ2) is 6.54. The number of hydrogen-bond acceptors (Lipinski definition) is 2. The fraction of sp³-hybridized carbons (Fsp3) is 0.200. The van der Waals surface area contributed by atoms with Gasteiger partial charge in [0.05, 0.1) is 11.9 Å². The van der Waals surface area contributed by atoms with E-state index < -0.39 is 0 Å². The molecule has 1 heterocycles. The molecule has 0 atom stereocenters. The maximum atomic E-state index is 12.3. The summed E-state index contributed by atoms with van der Waals surface area (Å²) in [6.45, 7) is 2.73. The van der Waals surface area contributed by atoms with Crippen molar-refractivity contribution in [1.82, 2.24) is 4.98 Å². The van der Waals surface area contributed by atoms with Crippen LogP contribution in [0, 0.1) is 0 Å². The van der Waals surface area contributed by atoms with Crippen molar-refractivity contribution < 1.29 is 4.79 Å². The molecule has 0 aliphatic rings. The number of nitrogens with zero attached hydrogens (tertiary/aromatic N) is 2. The Balaban J connectivity index is 2.13. The van der Waals surface area contributed by atoms with Gasteiger partial charge in [0.15, 0.2) is 0 Å². The third-order valence-electron chi connectivity index (χ3n) is 2.67. The maximum absolute atomic E-state index is 12.3. The molecule has 2 amide bonds. The van der Waals surface area contributed by atoms with Crippen LogP contribution in [0.5, 0.6) is 0 Å². The molecule has 0 unspecified atom stereocenters. The summed E-state index contributed by atoms with van der Waals surface area (Å²) in [5.41, 5.74) is 1.59. The first-order valence-electron chi connectivity index (χ1n) is 6.35. The van der Waals surface area contributed by atoms with E-state index in [4.69, 9.17) is 0 Å². The van der Waals surface area contributed by atoms with Gasteiger partial charge in [0.2, 0.25) is 0 Å². The lowest BCUT2D eigenvalue weighted by atomic mass is 10.3. The van der Waals surface area contributed by atoms with Crippen molar-refractivity contribution in [2.75, 3.05) is 16.8 Å². The number of carbonyl (C=O) groups excluding carboxylic acids is 1. The zero-order valence-electron chi connectivity index (χ0n) is 10.9. The number of para-hydroxylation sites is 1. The molecule has 1 N–H and O–H groups in total. The molecule has 1 aromatic carbocycles. The number of hydrogen-bond donors (Lipinski definition) is 1. The molecule has 4 heteroatoms. The molecule has 0 saturated heterocycles. The predicted octanol–water partition coefficient (Wildman–Crippen LogP) is 3.53. The van der Waals surface area contributed by atoms with Gasteiger partial charge in [-0.15, -0.1) is 0 Å². The molecule has 98 valence electrons. The molecule has 0 spiro atoms. The van der Waals surface area contributed by atoms with Crippen molar-refractivity contribution in [2.24, 2.45) is 0 Å². The third-order valence-corrected chi connectivity index (χ3v) is 2.67. The summed E-state index contributed by atoms with van der Waals surface area (Å²) in [4.78, 5) is 18.0. The van der Waals surface area contributed by atoms with Crippen LogP contribution in [-0.2, 0) is 0 Å². The van der Waals surface area contributed by atoms with E-state index >= 15 is 0 Å². The summed E-state index contributed by atoms with van der Waals surface area (Å²) in [7, 11) is 0. The van der Waals surface area contributed by atoms with Gasteiger partial charge in [-0.1, -0.05) is 25.1 Å². The number of benzene rings is 1. The predicted molar refractivity (Wildman–Crippen MR) is 77.3 cm³/mol. The quantitative estimate of drug-likeness (QED) is 0.908. The third kappa shape index (κ3) is 3.55. The number of anilines is 2. The second-order valence-electron chi connectivity index (χ2n) is 4.16. The van der Waals surface area contributed by atoms with Crippen LogP contribution in [0.15, 0.2) is 54.9 Å². The van der Waals surface area contributed by atoms with Crippen molar-refractivity contribution in [2.45, 2.75) is 13.3 Å². The van der Waals surface area contributed by atoms with Crippen LogP contribution in [0.1, 0.15) is 13.3 Å². The molecular formula is C15H17N3O. The van der Waals surface area contributed by atoms with E-state index in [9.17, 15) is 4.79 Å². The van der Waals surface area contributed by atoms with Gasteiger partial charge in [0, 0.05) is 18.4 Å². The number of amides is 2. The number of pyridine rings is 1. The maximum Gasteiger partial charge on any atom is 0.326 e. The number of nitrogens with one attached hydrogen (secondary N) is 1. The molecule has 2 rings (SSSR count). The molecule has 1 aromatic heterocycles. The molecular weight excluding hydrogens is 238 g/mol. The van der Waals surface area contributed by atoms with E-state index in [-0.39, 0.29) is 6.03 Å². The molecule has 4 nitrogen and oxygen atoms in total. The summed E-state index contributed by atoms with van der Waals surface area (Å²) in [5, 5.41) is 2.85. The average molecular weight is 255 g/mol. The standard InChI is InChI=1S/C15H17N3O/c1-2-11-18(14-8-4-3-5-9-14)15(19)17-13-7-6-10-16-12-13/h3-10,12H,2,11H2,1H3,(H,17,19). The SMILES string of the molecule is CCCN(C(=O)Nc1cccnc1)c1ccccc1. The van der Waals surface area contributed by atoms with E-state index in [0.717, 1.165) is 12.1 Å². The fourth-order valence-corrected chi connectivity index (χ4v) is 1.81. The lowest BCUT2D eigenvalue weighted by Gasteiger charge is -2.22. The van der Waals surface area contributed by atoms with Gasteiger partial charge >= 0.3 is 6.03 Å². The Kier molecular flexibility index (Phi) is 4.50. The zero-order chi connectivity index (χ0) is 13.5. The highest BCUT2D eigenvalue weighted by molar-refractivity contribution is 6.01. The Labute approximate surface area is 113 Å². The largest absolute Gasteiger partial charge is 0.326 e. The average Bonchev–Trinajstić information content (AvgIpc) is 2.46. The molecule has 0 radical (unpaired) electrons. The lowest BCUT2D eigenvalue weighted by molar-refractivity contribution is 0.257. The zero-order valence-corrected chi connectivity index (χ0v) is 10.9. The molecule has 0 bridgehead atoms. The number of aromatic nitrogens is 1. The van der Waals surface area contributed by atoms with Crippen LogP contribution >= 0.6 is 0 Å². The topological polar surface area (TPSA) is 45.2 Å². The first kappa shape index (κ1) is 13.1. The lowest BCUT2D eigenvalue weighted by Crippen LogP contribution is -2.35. The molecule has 19 heavy (non-hydrogen) atoms. The van der Waals surface area contributed by atoms with E-state index in [0.29, 0.717) is 12.2 Å². The Morgan fingerprint density at radius 2 is 2.00 bits per heavy atom. The molecule has 2 aromatic rings. The summed E-state index contributed by atoms with van der Waals surface area (Å²) >= 11 is 0. The molecule has 0 aliphatic heterocycles. The van der Waals surface area contributed by atoms with Gasteiger partial charge in [-0.05, 0) is 30.7 Å². The Bertz CT molecular complexity index is 513. The number of carbonyl (C=O) groups is 1. The van der Waals surface area contributed by atoms with Crippen molar-refractivity contribution in [3.8, 4) is 0 Å². The van der Waals surface area contributed by atoms with Crippen LogP contribution in [0.2, 0.25) is 0 Å². The van der Waals surface area contributed by atoms with Crippen LogP contribution in [0.25, 0.3) is 0 Å². The minimum atomic E-state index is -0.138. The van der Waals surface area contributed by atoms with Crippen molar-refractivity contribution in [1.29, 1.82) is 0 Å². The normalized spacial score (nSPS) is 9.95. The van der Waals surface area contributed by atoms with E-state index in [1.165, 1.54) is 0 Å². The minimum absolute atomic E-state index is 0.138. The van der Waals surface area contributed by atoms with Crippen LogP contribution in [0.4, 0.5) is 16.2 Å². The first-order chi connectivity index (χ1) is 9.31. The highest BCUT2D eigenvalue weighted by Gasteiger charge is 2.14. The van der Waals surface area contributed by atoms with E-state index in [1.807, 2.05) is 43.3 Å². The van der Waals surface area contributed by atoms with Gasteiger partial charge in [0.25, 0.3) is 0 Å². The Hall–Kier alpha value is -2.36. The fourth-order valence-electron chi connectivity index (χ4n) is 1.81. The monoisotopic (exact) mass is 255 g/mol. The highest BCUT2D eigenvalue weighted by Crippen LogP contribution is 2.15. The summed E-state index contributed by atoms with van der Waals surface area (Å²) in [6, 6.07) is 13.1. The Morgan fingerprint density at radius 3 is 2.63 bits per heavy atom. The van der Waals surface area contributed by atoms with Crippen molar-refractivity contribution in [3.63, 3.8) is 0 Å². The van der Waals surface area contributed by atoms with Crippen molar-refractivity contribution in [3.05, 3.63) is 54.9 Å². The summed E-state index contributed by atoms with van der Waals surface area (Å²) in [6.07, 6.45) is 4.21.